The van der Waals surface area contributed by atoms with E-state index in [1.165, 1.54) is 42.9 Å². The van der Waals surface area contributed by atoms with Crippen molar-refractivity contribution in [2.45, 2.75) is 20.8 Å². The van der Waals surface area contributed by atoms with Crippen LogP contribution in [-0.2, 0) is 0 Å². The van der Waals surface area contributed by atoms with Crippen LogP contribution in [0.5, 0.6) is 0 Å². The van der Waals surface area contributed by atoms with Gasteiger partial charge in [0.1, 0.15) is 0 Å². The second-order valence-corrected chi connectivity index (χ2v) is 7.77. The van der Waals surface area contributed by atoms with Crippen molar-refractivity contribution in [2.24, 2.45) is 4.99 Å². The minimum atomic E-state index is 0.805. The Morgan fingerprint density at radius 1 is 0.926 bits per heavy atom. The first-order chi connectivity index (χ1) is 13.2. The lowest BCUT2D eigenvalue weighted by atomic mass is 9.92. The summed E-state index contributed by atoms with van der Waals surface area (Å²) in [5, 5.41) is 5.80. The molecule has 3 heteroatoms. The molecule has 0 bridgehead atoms. The summed E-state index contributed by atoms with van der Waals surface area (Å²) in [6, 6.07) is 22.0. The molecule has 0 spiro atoms. The summed E-state index contributed by atoms with van der Waals surface area (Å²) in [5.41, 5.74) is 6.40. The van der Waals surface area contributed by atoms with Crippen molar-refractivity contribution in [3.63, 3.8) is 0 Å². The Labute approximate surface area is 164 Å². The van der Waals surface area contributed by atoms with Gasteiger partial charge in [0.15, 0.2) is 0 Å². The maximum atomic E-state index is 4.60. The zero-order valence-corrected chi connectivity index (χ0v) is 16.9. The van der Waals surface area contributed by atoms with E-state index in [2.05, 4.69) is 91.7 Å². The van der Waals surface area contributed by atoms with E-state index in [9.17, 15) is 0 Å². The maximum Gasteiger partial charge on any atom is 0.0588 e. The zero-order chi connectivity index (χ0) is 18.8. The molecule has 1 heterocycles. The van der Waals surface area contributed by atoms with Gasteiger partial charge in [-0.3, -0.25) is 4.99 Å². The Hall–Kier alpha value is -2.65. The molecule has 4 rings (SSSR count). The summed E-state index contributed by atoms with van der Waals surface area (Å²) in [4.78, 5) is 5.88. The normalized spacial score (nSPS) is 12.0. The molecule has 2 aromatic carbocycles. The lowest BCUT2D eigenvalue weighted by molar-refractivity contribution is 1.06. The molecular weight excluding hydrogens is 348 g/mol. The molecule has 0 unspecified atom stereocenters. The molecule has 2 nitrogen and oxygen atoms in total. The number of nitrogens with one attached hydrogen (secondary N) is 1. The van der Waals surface area contributed by atoms with Crippen LogP contribution in [0.25, 0.3) is 31.7 Å². The van der Waals surface area contributed by atoms with Gasteiger partial charge in [-0.15, -0.1) is 11.3 Å². The molecule has 2 aromatic rings. The zero-order valence-electron chi connectivity index (χ0n) is 16.0. The highest BCUT2D eigenvalue weighted by molar-refractivity contribution is 7.21. The topological polar surface area (TPSA) is 24.4 Å². The monoisotopic (exact) mass is 372 g/mol. The molecule has 0 saturated carbocycles. The third kappa shape index (κ3) is 3.35. The smallest absolute Gasteiger partial charge is 0.0588 e. The minimum Gasteiger partial charge on any atom is -0.385 e. The van der Waals surface area contributed by atoms with Crippen molar-refractivity contribution in [3.05, 3.63) is 71.6 Å². The summed E-state index contributed by atoms with van der Waals surface area (Å²) in [6.07, 6.45) is 0. The van der Waals surface area contributed by atoms with Gasteiger partial charge in [-0.1, -0.05) is 36.4 Å². The Morgan fingerprint density at radius 3 is 2.56 bits per heavy atom. The van der Waals surface area contributed by atoms with E-state index < -0.39 is 0 Å². The predicted octanol–water partition coefficient (Wildman–Crippen LogP) is 6.33. The van der Waals surface area contributed by atoms with Gasteiger partial charge in [0.25, 0.3) is 0 Å². The van der Waals surface area contributed by atoms with Crippen LogP contribution < -0.4 is 10.7 Å². The highest BCUT2D eigenvalue weighted by Crippen LogP contribution is 2.44. The number of hydrogen-bond donors (Lipinski definition) is 1. The average molecular weight is 373 g/mol. The van der Waals surface area contributed by atoms with Crippen LogP contribution in [0.2, 0.25) is 0 Å². The van der Waals surface area contributed by atoms with Gasteiger partial charge in [0.2, 0.25) is 0 Å². The molecule has 136 valence electrons. The molecular formula is C24H24N2S. The number of fused-ring (bicyclic) bond motifs is 2. The lowest BCUT2D eigenvalue weighted by Crippen LogP contribution is -2.03. The quantitative estimate of drug-likeness (QED) is 0.416. The third-order valence-electron chi connectivity index (χ3n) is 4.84. The van der Waals surface area contributed by atoms with Gasteiger partial charge in [0.05, 0.1) is 5.36 Å². The first-order valence-electron chi connectivity index (χ1n) is 9.52. The molecule has 0 amide bonds. The van der Waals surface area contributed by atoms with E-state index in [1.807, 2.05) is 11.3 Å². The number of hydrogen-bond acceptors (Lipinski definition) is 3. The fourth-order valence-electron chi connectivity index (χ4n) is 3.62. The van der Waals surface area contributed by atoms with Crippen LogP contribution >= 0.6 is 11.3 Å². The van der Waals surface area contributed by atoms with Gasteiger partial charge < -0.3 is 5.32 Å². The largest absolute Gasteiger partial charge is 0.385 e. The van der Waals surface area contributed by atoms with Gasteiger partial charge in [-0.05, 0) is 61.7 Å². The van der Waals surface area contributed by atoms with Crippen molar-refractivity contribution in [1.29, 1.82) is 0 Å². The molecule has 1 N–H and O–H groups in total. The standard InChI is InChI=1S/C24H24N2S/c1-4-25-17-10-12-20-22(14-17)27-23-15-18(26-5-2)11-13-21(23)24(20)19-9-7-6-8-16(19)3/h6-15,25H,4-5H2,1-3H3. The van der Waals surface area contributed by atoms with Gasteiger partial charge in [-0.25, -0.2) is 0 Å². The number of nitrogens with zero attached hydrogens (tertiary/aromatic N) is 1. The molecule has 0 aromatic heterocycles. The maximum absolute atomic E-state index is 4.60. The van der Waals surface area contributed by atoms with E-state index in [-0.39, 0.29) is 0 Å². The van der Waals surface area contributed by atoms with Gasteiger partial charge >= 0.3 is 0 Å². The average Bonchev–Trinajstić information content (AvgIpc) is 2.67. The van der Waals surface area contributed by atoms with Crippen LogP contribution in [-0.4, -0.2) is 13.1 Å². The van der Waals surface area contributed by atoms with Crippen molar-refractivity contribution in [1.82, 2.24) is 0 Å². The Morgan fingerprint density at radius 2 is 1.78 bits per heavy atom. The van der Waals surface area contributed by atoms with Crippen LogP contribution in [0.3, 0.4) is 0 Å². The van der Waals surface area contributed by atoms with Crippen molar-refractivity contribution >= 4 is 27.1 Å². The minimum absolute atomic E-state index is 0.805. The lowest BCUT2D eigenvalue weighted by Gasteiger charge is -2.18. The molecule has 1 aliphatic carbocycles. The van der Waals surface area contributed by atoms with Crippen molar-refractivity contribution in [2.75, 3.05) is 18.4 Å². The first kappa shape index (κ1) is 17.7. The Bertz CT molecular complexity index is 1140. The summed E-state index contributed by atoms with van der Waals surface area (Å²) < 4.78 is 1.30. The second-order valence-electron chi connectivity index (χ2n) is 6.69. The molecule has 0 fully saturated rings. The molecule has 2 aliphatic rings. The SMILES string of the molecule is CCN=c1ccc2c(-c3ccccc3C)c3ccc(NCC)cc3sc-2c1. The number of aryl methyl sites for hydroxylation is 1. The highest BCUT2D eigenvalue weighted by atomic mass is 32.1. The molecule has 0 atom stereocenters. The summed E-state index contributed by atoms with van der Waals surface area (Å²) in [7, 11) is 0. The van der Waals surface area contributed by atoms with E-state index in [1.54, 1.807) is 0 Å². The molecule has 0 radical (unpaired) electrons. The predicted molar refractivity (Wildman–Crippen MR) is 119 cm³/mol. The van der Waals surface area contributed by atoms with E-state index in [0.717, 1.165) is 18.4 Å². The third-order valence-corrected chi connectivity index (χ3v) is 5.96. The van der Waals surface area contributed by atoms with Crippen molar-refractivity contribution in [3.8, 4) is 21.6 Å². The molecule has 0 saturated heterocycles. The van der Waals surface area contributed by atoms with Crippen LogP contribution in [0, 0.1) is 6.92 Å². The van der Waals surface area contributed by atoms with E-state index in [0.29, 0.717) is 0 Å². The fraction of sp³-hybridized carbons (Fsp3) is 0.208. The van der Waals surface area contributed by atoms with Gasteiger partial charge in [-0.2, -0.15) is 0 Å². The summed E-state index contributed by atoms with van der Waals surface area (Å²) in [6.45, 7) is 8.13. The molecule has 27 heavy (non-hydrogen) atoms. The van der Waals surface area contributed by atoms with Crippen LogP contribution in [0.15, 0.2) is 65.7 Å². The fourth-order valence-corrected chi connectivity index (χ4v) is 4.78. The number of anilines is 1. The van der Waals surface area contributed by atoms with Crippen molar-refractivity contribution < 1.29 is 0 Å². The summed E-state index contributed by atoms with van der Waals surface area (Å²) >= 11 is 1.85. The Kier molecular flexibility index (Phi) is 4.95. The van der Waals surface area contributed by atoms with E-state index >= 15 is 0 Å². The highest BCUT2D eigenvalue weighted by Gasteiger charge is 2.16. The first-order valence-corrected chi connectivity index (χ1v) is 10.3. The van der Waals surface area contributed by atoms with Crippen LogP contribution in [0.1, 0.15) is 19.4 Å². The van der Waals surface area contributed by atoms with E-state index in [4.69, 9.17) is 0 Å². The Balaban J connectivity index is 2.11. The second kappa shape index (κ2) is 7.53. The van der Waals surface area contributed by atoms with Gasteiger partial charge in [0, 0.05) is 39.3 Å². The molecule has 1 aliphatic heterocycles. The summed E-state index contributed by atoms with van der Waals surface area (Å²) in [5.74, 6) is 0. The van der Waals surface area contributed by atoms with Crippen LogP contribution in [0.4, 0.5) is 5.69 Å². The number of benzene rings is 3. The number of rotatable bonds is 4.